The van der Waals surface area contributed by atoms with Gasteiger partial charge < -0.3 is 20.5 Å². The molecule has 6 heteroatoms. The fourth-order valence-corrected chi connectivity index (χ4v) is 2.48. The van der Waals surface area contributed by atoms with Crippen LogP contribution in [0.1, 0.15) is 46.0 Å². The SMILES string of the molecule is CC(C)CCOCCNC(=O)NC1CCCCC1C(=O)O. The van der Waals surface area contributed by atoms with E-state index in [1.807, 2.05) is 0 Å². The number of nitrogens with one attached hydrogen (secondary N) is 2. The van der Waals surface area contributed by atoms with E-state index in [9.17, 15) is 9.59 Å². The van der Waals surface area contributed by atoms with Crippen molar-refractivity contribution >= 4 is 12.0 Å². The molecule has 1 saturated carbocycles. The van der Waals surface area contributed by atoms with Gasteiger partial charge in [0.25, 0.3) is 0 Å². The van der Waals surface area contributed by atoms with Crippen molar-refractivity contribution in [3.05, 3.63) is 0 Å². The van der Waals surface area contributed by atoms with Crippen molar-refractivity contribution in [2.24, 2.45) is 11.8 Å². The van der Waals surface area contributed by atoms with E-state index in [0.717, 1.165) is 25.7 Å². The summed E-state index contributed by atoms with van der Waals surface area (Å²) in [5.74, 6) is -0.677. The Morgan fingerprint density at radius 3 is 2.62 bits per heavy atom. The summed E-state index contributed by atoms with van der Waals surface area (Å²) in [6.07, 6.45) is 4.26. The Balaban J connectivity index is 2.16. The summed E-state index contributed by atoms with van der Waals surface area (Å²) in [4.78, 5) is 22.9. The van der Waals surface area contributed by atoms with Crippen molar-refractivity contribution in [1.82, 2.24) is 10.6 Å². The third-order valence-corrected chi connectivity index (χ3v) is 3.77. The number of carboxylic acid groups (broad SMARTS) is 1. The van der Waals surface area contributed by atoms with E-state index in [-0.39, 0.29) is 12.1 Å². The fourth-order valence-electron chi connectivity index (χ4n) is 2.48. The minimum atomic E-state index is -0.822. The largest absolute Gasteiger partial charge is 0.481 e. The molecule has 1 aliphatic rings. The van der Waals surface area contributed by atoms with Gasteiger partial charge in [-0.15, -0.1) is 0 Å². The zero-order valence-electron chi connectivity index (χ0n) is 13.1. The van der Waals surface area contributed by atoms with Crippen LogP contribution in [0.25, 0.3) is 0 Å². The molecule has 3 N–H and O–H groups in total. The van der Waals surface area contributed by atoms with Gasteiger partial charge in [0, 0.05) is 19.2 Å². The highest BCUT2D eigenvalue weighted by Crippen LogP contribution is 2.24. The van der Waals surface area contributed by atoms with E-state index < -0.39 is 11.9 Å². The highest BCUT2D eigenvalue weighted by molar-refractivity contribution is 5.76. The molecule has 2 unspecified atom stereocenters. The quantitative estimate of drug-likeness (QED) is 0.598. The summed E-state index contributed by atoms with van der Waals surface area (Å²) in [7, 11) is 0. The van der Waals surface area contributed by atoms with Crippen LogP contribution >= 0.6 is 0 Å². The molecular weight excluding hydrogens is 272 g/mol. The van der Waals surface area contributed by atoms with Gasteiger partial charge in [-0.05, 0) is 25.2 Å². The van der Waals surface area contributed by atoms with Crippen molar-refractivity contribution in [2.45, 2.75) is 52.0 Å². The second kappa shape index (κ2) is 9.60. The summed E-state index contributed by atoms with van der Waals surface area (Å²) in [5, 5.41) is 14.6. The van der Waals surface area contributed by atoms with Gasteiger partial charge in [-0.25, -0.2) is 4.79 Å². The summed E-state index contributed by atoms with van der Waals surface area (Å²) in [6, 6.07) is -0.571. The highest BCUT2D eigenvalue weighted by Gasteiger charge is 2.31. The van der Waals surface area contributed by atoms with Crippen LogP contribution in [-0.2, 0) is 9.53 Å². The van der Waals surface area contributed by atoms with Crippen LogP contribution in [0.5, 0.6) is 0 Å². The molecule has 1 fully saturated rings. The van der Waals surface area contributed by atoms with E-state index in [1.54, 1.807) is 0 Å². The molecule has 0 aliphatic heterocycles. The standard InChI is InChI=1S/C15H28N2O4/c1-11(2)7-9-21-10-8-16-15(20)17-13-6-4-3-5-12(13)14(18)19/h11-13H,3-10H2,1-2H3,(H,18,19)(H2,16,17,20). The first-order valence-electron chi connectivity index (χ1n) is 7.85. The van der Waals surface area contributed by atoms with Crippen LogP contribution in [-0.4, -0.2) is 42.9 Å². The molecule has 0 bridgehead atoms. The molecule has 0 aromatic rings. The smallest absolute Gasteiger partial charge is 0.315 e. The van der Waals surface area contributed by atoms with E-state index >= 15 is 0 Å². The van der Waals surface area contributed by atoms with Gasteiger partial charge in [0.2, 0.25) is 0 Å². The monoisotopic (exact) mass is 300 g/mol. The zero-order chi connectivity index (χ0) is 15.7. The lowest BCUT2D eigenvalue weighted by molar-refractivity contribution is -0.143. The van der Waals surface area contributed by atoms with Crippen LogP contribution < -0.4 is 10.6 Å². The molecule has 0 spiro atoms. The number of amides is 2. The van der Waals surface area contributed by atoms with Crippen molar-refractivity contribution in [2.75, 3.05) is 19.8 Å². The van der Waals surface area contributed by atoms with Gasteiger partial charge in [-0.1, -0.05) is 26.7 Å². The summed E-state index contributed by atoms with van der Waals surface area (Å²) >= 11 is 0. The zero-order valence-corrected chi connectivity index (χ0v) is 13.1. The first kappa shape index (κ1) is 17.8. The van der Waals surface area contributed by atoms with E-state index in [2.05, 4.69) is 24.5 Å². The third-order valence-electron chi connectivity index (χ3n) is 3.77. The predicted molar refractivity (Wildman–Crippen MR) is 80.2 cm³/mol. The molecule has 6 nitrogen and oxygen atoms in total. The lowest BCUT2D eigenvalue weighted by Crippen LogP contribution is -2.49. The molecule has 0 aromatic carbocycles. The molecule has 0 aromatic heterocycles. The van der Waals surface area contributed by atoms with E-state index in [1.165, 1.54) is 0 Å². The second-order valence-electron chi connectivity index (χ2n) is 6.03. The Hall–Kier alpha value is -1.30. The molecule has 21 heavy (non-hydrogen) atoms. The molecule has 2 atom stereocenters. The topological polar surface area (TPSA) is 87.7 Å². The normalized spacial score (nSPS) is 22.0. The van der Waals surface area contributed by atoms with Crippen LogP contribution in [0.3, 0.4) is 0 Å². The Kier molecular flexibility index (Phi) is 8.12. The van der Waals surface area contributed by atoms with Gasteiger partial charge in [0.05, 0.1) is 12.5 Å². The summed E-state index contributed by atoms with van der Waals surface area (Å²) < 4.78 is 5.41. The molecule has 0 radical (unpaired) electrons. The van der Waals surface area contributed by atoms with Crippen molar-refractivity contribution in [1.29, 1.82) is 0 Å². The van der Waals surface area contributed by atoms with Crippen molar-refractivity contribution < 1.29 is 19.4 Å². The van der Waals surface area contributed by atoms with Crippen LogP contribution in [0.2, 0.25) is 0 Å². The van der Waals surface area contributed by atoms with Crippen molar-refractivity contribution in [3.63, 3.8) is 0 Å². The average Bonchev–Trinajstić information content (AvgIpc) is 2.42. The minimum Gasteiger partial charge on any atom is -0.481 e. The van der Waals surface area contributed by atoms with E-state index in [0.29, 0.717) is 32.1 Å². The Morgan fingerprint density at radius 1 is 1.24 bits per heavy atom. The first-order valence-corrected chi connectivity index (χ1v) is 7.85. The Bertz CT molecular complexity index is 334. The lowest BCUT2D eigenvalue weighted by atomic mass is 9.84. The number of carboxylic acids is 1. The highest BCUT2D eigenvalue weighted by atomic mass is 16.5. The van der Waals surface area contributed by atoms with Crippen LogP contribution in [0.15, 0.2) is 0 Å². The molecule has 122 valence electrons. The van der Waals surface area contributed by atoms with Crippen molar-refractivity contribution in [3.8, 4) is 0 Å². The number of hydrogen-bond donors (Lipinski definition) is 3. The van der Waals surface area contributed by atoms with Gasteiger partial charge in [-0.2, -0.15) is 0 Å². The molecular formula is C15H28N2O4. The molecule has 0 saturated heterocycles. The second-order valence-corrected chi connectivity index (χ2v) is 6.03. The molecule has 0 heterocycles. The Labute approximate surface area is 126 Å². The maximum atomic E-state index is 11.7. The van der Waals surface area contributed by atoms with Gasteiger partial charge in [0.1, 0.15) is 0 Å². The fraction of sp³-hybridized carbons (Fsp3) is 0.867. The molecule has 1 aliphatic carbocycles. The lowest BCUT2D eigenvalue weighted by Gasteiger charge is -2.29. The van der Waals surface area contributed by atoms with E-state index in [4.69, 9.17) is 9.84 Å². The third kappa shape index (κ3) is 7.32. The number of ether oxygens (including phenoxy) is 1. The van der Waals surface area contributed by atoms with Gasteiger partial charge in [-0.3, -0.25) is 4.79 Å². The number of urea groups is 1. The number of carbonyl (C=O) groups excluding carboxylic acids is 1. The summed E-state index contributed by atoms with van der Waals surface area (Å²) in [5.41, 5.74) is 0. The van der Waals surface area contributed by atoms with Crippen LogP contribution in [0, 0.1) is 11.8 Å². The van der Waals surface area contributed by atoms with Crippen LogP contribution in [0.4, 0.5) is 4.79 Å². The first-order chi connectivity index (χ1) is 10.0. The Morgan fingerprint density at radius 2 is 1.95 bits per heavy atom. The summed E-state index contributed by atoms with van der Waals surface area (Å²) in [6.45, 7) is 5.89. The number of hydrogen-bond acceptors (Lipinski definition) is 3. The minimum absolute atomic E-state index is 0.266. The number of aliphatic carboxylic acids is 1. The number of carbonyl (C=O) groups is 2. The molecule has 1 rings (SSSR count). The number of rotatable bonds is 8. The van der Waals surface area contributed by atoms with Gasteiger partial charge in [0.15, 0.2) is 0 Å². The average molecular weight is 300 g/mol. The maximum absolute atomic E-state index is 11.7. The predicted octanol–water partition coefficient (Wildman–Crippen LogP) is 1.99. The molecule has 2 amide bonds. The van der Waals surface area contributed by atoms with Gasteiger partial charge >= 0.3 is 12.0 Å². The maximum Gasteiger partial charge on any atom is 0.315 e.